The van der Waals surface area contributed by atoms with Crippen molar-refractivity contribution in [3.63, 3.8) is 0 Å². The number of ether oxygens (including phenoxy) is 2. The van der Waals surface area contributed by atoms with E-state index in [1.165, 1.54) is 0 Å². The average molecular weight is 404 g/mol. The Morgan fingerprint density at radius 1 is 1.21 bits per heavy atom. The van der Waals surface area contributed by atoms with E-state index < -0.39 is 0 Å². The molecule has 0 unspecified atom stereocenters. The Hall–Kier alpha value is -2.08. The van der Waals surface area contributed by atoms with Crippen LogP contribution in [0.1, 0.15) is 58.6 Å². The van der Waals surface area contributed by atoms with Crippen molar-refractivity contribution in [2.24, 2.45) is 10.9 Å². The molecule has 1 N–H and O–H groups in total. The quantitative estimate of drug-likeness (QED) is 0.427. The van der Waals surface area contributed by atoms with Crippen LogP contribution < -0.4 is 5.32 Å². The number of aliphatic imine (C=N–C) groups is 1. The number of benzene rings is 1. The molecule has 0 spiro atoms. The Bertz CT molecular complexity index is 674. The van der Waals surface area contributed by atoms with E-state index in [-0.39, 0.29) is 17.5 Å². The summed E-state index contributed by atoms with van der Waals surface area (Å²) in [6.07, 6.45) is 1.62. The van der Waals surface area contributed by atoms with Gasteiger partial charge in [0.1, 0.15) is 0 Å². The molecule has 1 aromatic carbocycles. The van der Waals surface area contributed by atoms with Gasteiger partial charge in [-0.1, -0.05) is 24.3 Å². The number of carbonyl (C=O) groups excluding carboxylic acids is 1. The van der Waals surface area contributed by atoms with Gasteiger partial charge in [0.05, 0.1) is 31.3 Å². The third kappa shape index (κ3) is 8.05. The van der Waals surface area contributed by atoms with Crippen molar-refractivity contribution in [2.45, 2.75) is 66.2 Å². The highest BCUT2D eigenvalue weighted by molar-refractivity contribution is 5.80. The Labute approximate surface area is 175 Å². The maximum atomic E-state index is 12.0. The van der Waals surface area contributed by atoms with Crippen molar-refractivity contribution in [3.8, 4) is 0 Å². The van der Waals surface area contributed by atoms with Crippen LogP contribution in [0.15, 0.2) is 29.3 Å². The summed E-state index contributed by atoms with van der Waals surface area (Å²) < 4.78 is 11.1. The molecule has 0 radical (unpaired) electrons. The van der Waals surface area contributed by atoms with Crippen molar-refractivity contribution in [3.05, 3.63) is 35.4 Å². The number of guanidine groups is 1. The fraction of sp³-hybridized carbons (Fsp3) is 0.652. The number of carbonyl (C=O) groups is 1. The summed E-state index contributed by atoms with van der Waals surface area (Å²) in [7, 11) is 0. The van der Waals surface area contributed by atoms with Gasteiger partial charge in [-0.15, -0.1) is 0 Å². The van der Waals surface area contributed by atoms with Gasteiger partial charge in [-0.2, -0.15) is 0 Å². The highest BCUT2D eigenvalue weighted by atomic mass is 16.5. The molecular weight excluding hydrogens is 366 g/mol. The SMILES string of the molecule is CCNC(=NCc1cccc(COC(C)(C)C)c1)N1CCC(C(=O)OCC)CC1. The number of piperidine rings is 1. The number of likely N-dealkylation sites (tertiary alicyclic amines) is 1. The normalized spacial score (nSPS) is 16.0. The maximum absolute atomic E-state index is 12.0. The maximum Gasteiger partial charge on any atom is 0.309 e. The topological polar surface area (TPSA) is 63.2 Å². The Balaban J connectivity index is 1.96. The van der Waals surface area contributed by atoms with Crippen LogP contribution in [0, 0.1) is 5.92 Å². The molecular formula is C23H37N3O3. The largest absolute Gasteiger partial charge is 0.466 e. The van der Waals surface area contributed by atoms with E-state index in [0.29, 0.717) is 19.8 Å². The first-order valence-electron chi connectivity index (χ1n) is 10.7. The molecule has 0 aromatic heterocycles. The lowest BCUT2D eigenvalue weighted by molar-refractivity contribution is -0.149. The first-order valence-corrected chi connectivity index (χ1v) is 10.7. The third-order valence-electron chi connectivity index (χ3n) is 4.82. The summed E-state index contributed by atoms with van der Waals surface area (Å²) in [6.45, 7) is 14.2. The second-order valence-electron chi connectivity index (χ2n) is 8.40. The lowest BCUT2D eigenvalue weighted by Crippen LogP contribution is -2.46. The molecule has 2 rings (SSSR count). The zero-order chi connectivity index (χ0) is 21.3. The number of hydrogen-bond acceptors (Lipinski definition) is 4. The molecule has 6 nitrogen and oxygen atoms in total. The van der Waals surface area contributed by atoms with Gasteiger partial charge in [-0.25, -0.2) is 4.99 Å². The molecule has 6 heteroatoms. The number of rotatable bonds is 7. The Morgan fingerprint density at radius 2 is 1.90 bits per heavy atom. The molecule has 29 heavy (non-hydrogen) atoms. The van der Waals surface area contributed by atoms with Crippen LogP contribution in [-0.4, -0.2) is 48.7 Å². The van der Waals surface area contributed by atoms with Gasteiger partial charge >= 0.3 is 5.97 Å². The second-order valence-corrected chi connectivity index (χ2v) is 8.40. The van der Waals surface area contributed by atoms with Crippen LogP contribution >= 0.6 is 0 Å². The van der Waals surface area contributed by atoms with Crippen LogP contribution in [0.5, 0.6) is 0 Å². The molecule has 0 amide bonds. The summed E-state index contributed by atoms with van der Waals surface area (Å²) in [5.41, 5.74) is 2.17. The number of esters is 1. The molecule has 0 saturated carbocycles. The van der Waals surface area contributed by atoms with Crippen molar-refractivity contribution < 1.29 is 14.3 Å². The zero-order valence-corrected chi connectivity index (χ0v) is 18.7. The van der Waals surface area contributed by atoms with E-state index in [1.54, 1.807) is 0 Å². The van der Waals surface area contributed by atoms with Crippen LogP contribution in [0.2, 0.25) is 0 Å². The number of hydrogen-bond donors (Lipinski definition) is 1. The molecule has 1 aromatic rings. The number of nitrogens with zero attached hydrogens (tertiary/aromatic N) is 2. The number of nitrogens with one attached hydrogen (secondary N) is 1. The second kappa shape index (κ2) is 11.2. The third-order valence-corrected chi connectivity index (χ3v) is 4.82. The molecule has 0 atom stereocenters. The lowest BCUT2D eigenvalue weighted by Gasteiger charge is -2.33. The van der Waals surface area contributed by atoms with Gasteiger partial charge in [-0.05, 0) is 58.6 Å². The van der Waals surface area contributed by atoms with Crippen LogP contribution in [0.3, 0.4) is 0 Å². The molecule has 0 bridgehead atoms. The van der Waals surface area contributed by atoms with Crippen LogP contribution in [0.25, 0.3) is 0 Å². The zero-order valence-electron chi connectivity index (χ0n) is 18.7. The Kier molecular flexibility index (Phi) is 8.96. The first-order chi connectivity index (χ1) is 13.8. The van der Waals surface area contributed by atoms with Crippen LogP contribution in [0.4, 0.5) is 0 Å². The summed E-state index contributed by atoms with van der Waals surface area (Å²) in [5.74, 6) is 0.850. The van der Waals surface area contributed by atoms with Crippen molar-refractivity contribution >= 4 is 11.9 Å². The predicted molar refractivity (Wildman–Crippen MR) is 117 cm³/mol. The minimum atomic E-state index is -0.151. The molecule has 0 aliphatic carbocycles. The van der Waals surface area contributed by atoms with Crippen molar-refractivity contribution in [2.75, 3.05) is 26.2 Å². The lowest BCUT2D eigenvalue weighted by atomic mass is 9.97. The minimum Gasteiger partial charge on any atom is -0.466 e. The van der Waals surface area contributed by atoms with Crippen LogP contribution in [-0.2, 0) is 27.4 Å². The van der Waals surface area contributed by atoms with Gasteiger partial charge in [0.15, 0.2) is 5.96 Å². The molecule has 162 valence electrons. The van der Waals surface area contributed by atoms with Gasteiger partial charge in [0.25, 0.3) is 0 Å². The van der Waals surface area contributed by atoms with Gasteiger partial charge in [0, 0.05) is 19.6 Å². The highest BCUT2D eigenvalue weighted by Crippen LogP contribution is 2.19. The summed E-state index contributed by atoms with van der Waals surface area (Å²) >= 11 is 0. The van der Waals surface area contributed by atoms with Crippen molar-refractivity contribution in [1.29, 1.82) is 0 Å². The summed E-state index contributed by atoms with van der Waals surface area (Å²) in [4.78, 5) is 19.0. The first kappa shape index (κ1) is 23.2. The monoisotopic (exact) mass is 403 g/mol. The standard InChI is InChI=1S/C23H37N3O3/c1-6-24-22(26-13-11-20(12-14-26)21(27)28-7-2)25-16-18-9-8-10-19(15-18)17-29-23(3,4)5/h8-10,15,20H,6-7,11-14,16-17H2,1-5H3,(H,24,25). The van der Waals surface area contributed by atoms with Gasteiger partial charge in [0.2, 0.25) is 0 Å². The van der Waals surface area contributed by atoms with E-state index >= 15 is 0 Å². The fourth-order valence-corrected chi connectivity index (χ4v) is 3.30. The van der Waals surface area contributed by atoms with E-state index in [2.05, 4.69) is 62.2 Å². The Morgan fingerprint density at radius 3 is 2.52 bits per heavy atom. The van der Waals surface area contributed by atoms with E-state index in [9.17, 15) is 4.79 Å². The van der Waals surface area contributed by atoms with Gasteiger partial charge < -0.3 is 19.7 Å². The van der Waals surface area contributed by atoms with Crippen molar-refractivity contribution in [1.82, 2.24) is 10.2 Å². The fourth-order valence-electron chi connectivity index (χ4n) is 3.30. The van der Waals surface area contributed by atoms with Gasteiger partial charge in [-0.3, -0.25) is 4.79 Å². The van der Waals surface area contributed by atoms with E-state index in [4.69, 9.17) is 14.5 Å². The smallest absolute Gasteiger partial charge is 0.309 e. The minimum absolute atomic E-state index is 0.00794. The molecule has 1 aliphatic heterocycles. The molecule has 1 saturated heterocycles. The predicted octanol–water partition coefficient (Wildman–Crippen LogP) is 3.74. The average Bonchev–Trinajstić information content (AvgIpc) is 2.70. The summed E-state index contributed by atoms with van der Waals surface area (Å²) in [6, 6.07) is 8.40. The van der Waals surface area contributed by atoms with E-state index in [1.807, 2.05) is 6.92 Å². The molecule has 1 aliphatic rings. The molecule has 1 heterocycles. The highest BCUT2D eigenvalue weighted by Gasteiger charge is 2.27. The summed E-state index contributed by atoms with van der Waals surface area (Å²) in [5, 5.41) is 3.39. The molecule has 1 fully saturated rings. The van der Waals surface area contributed by atoms with E-state index in [0.717, 1.165) is 49.6 Å².